The first-order chi connectivity index (χ1) is 8.13. The molecule has 2 rings (SSSR count). The van der Waals surface area contributed by atoms with Crippen LogP contribution in [0.1, 0.15) is 12.8 Å². The number of aromatic nitrogens is 2. The Kier molecular flexibility index (Phi) is 3.46. The number of methoxy groups -OCH3 is 1. The van der Waals surface area contributed by atoms with E-state index in [1.54, 1.807) is 11.1 Å². The zero-order valence-corrected chi connectivity index (χ0v) is 10.8. The fraction of sp³-hybridized carbons (Fsp3) is 0.500. The molecule has 92 valence electrons. The lowest BCUT2D eigenvalue weighted by Crippen LogP contribution is -2.37. The minimum Gasteiger partial charge on any atom is -0.480 e. The van der Waals surface area contributed by atoms with E-state index in [4.69, 9.17) is 9.84 Å². The molecule has 2 heterocycles. The van der Waals surface area contributed by atoms with Crippen molar-refractivity contribution < 1.29 is 14.6 Å². The Balaban J connectivity index is 2.30. The Hall–Kier alpha value is -1.37. The highest BCUT2D eigenvalue weighted by Gasteiger charge is 2.32. The summed E-state index contributed by atoms with van der Waals surface area (Å²) in [5, 5.41) is 9.09. The number of carbonyl (C=O) groups is 1. The van der Waals surface area contributed by atoms with Crippen LogP contribution in [0.25, 0.3) is 0 Å². The van der Waals surface area contributed by atoms with Gasteiger partial charge >= 0.3 is 5.97 Å². The molecule has 1 atom stereocenters. The lowest BCUT2D eigenvalue weighted by Gasteiger charge is -2.21. The van der Waals surface area contributed by atoms with Crippen molar-refractivity contribution >= 4 is 27.8 Å². The molecular weight excluding hydrogens is 290 g/mol. The molecule has 1 aliphatic heterocycles. The van der Waals surface area contributed by atoms with Gasteiger partial charge in [0, 0.05) is 6.54 Å². The minimum atomic E-state index is -0.840. The van der Waals surface area contributed by atoms with E-state index in [9.17, 15) is 4.79 Å². The molecule has 1 saturated heterocycles. The maximum absolute atomic E-state index is 11.1. The smallest absolute Gasteiger partial charge is 0.326 e. The summed E-state index contributed by atoms with van der Waals surface area (Å²) in [4.78, 5) is 21.1. The van der Waals surface area contributed by atoms with E-state index >= 15 is 0 Å². The number of anilines is 1. The Morgan fingerprint density at radius 2 is 2.47 bits per heavy atom. The van der Waals surface area contributed by atoms with E-state index < -0.39 is 12.0 Å². The summed E-state index contributed by atoms with van der Waals surface area (Å²) in [5.41, 5.74) is 0. The summed E-state index contributed by atoms with van der Waals surface area (Å²) in [6.45, 7) is 0.655. The van der Waals surface area contributed by atoms with E-state index in [-0.39, 0.29) is 0 Å². The third kappa shape index (κ3) is 2.33. The summed E-state index contributed by atoms with van der Waals surface area (Å²) in [7, 11) is 1.51. The van der Waals surface area contributed by atoms with Gasteiger partial charge in [0.15, 0.2) is 0 Å². The van der Waals surface area contributed by atoms with Gasteiger partial charge in [-0.05, 0) is 28.8 Å². The average molecular weight is 302 g/mol. The molecule has 6 nitrogen and oxygen atoms in total. The number of halogens is 1. The zero-order valence-electron chi connectivity index (χ0n) is 9.26. The van der Waals surface area contributed by atoms with Gasteiger partial charge in [0.25, 0.3) is 0 Å². The van der Waals surface area contributed by atoms with Gasteiger partial charge in [0.05, 0.1) is 17.8 Å². The second-order valence-corrected chi connectivity index (χ2v) is 4.57. The first-order valence-electron chi connectivity index (χ1n) is 5.19. The van der Waals surface area contributed by atoms with Crippen molar-refractivity contribution in [1.82, 2.24) is 9.97 Å². The van der Waals surface area contributed by atoms with Crippen LogP contribution >= 0.6 is 15.9 Å². The van der Waals surface area contributed by atoms with Gasteiger partial charge in [-0.15, -0.1) is 0 Å². The highest BCUT2D eigenvalue weighted by molar-refractivity contribution is 9.10. The van der Waals surface area contributed by atoms with Crippen LogP contribution in [0.15, 0.2) is 10.7 Å². The molecule has 1 aliphatic rings. The predicted molar refractivity (Wildman–Crippen MR) is 64.3 cm³/mol. The van der Waals surface area contributed by atoms with Crippen LogP contribution in [-0.4, -0.2) is 40.7 Å². The van der Waals surface area contributed by atoms with Crippen molar-refractivity contribution in [3.8, 4) is 5.88 Å². The average Bonchev–Trinajstić information content (AvgIpc) is 2.78. The summed E-state index contributed by atoms with van der Waals surface area (Å²) < 4.78 is 5.72. The molecule has 0 bridgehead atoms. The summed E-state index contributed by atoms with van der Waals surface area (Å²) in [6, 6.07) is -0.541. The molecule has 7 heteroatoms. The minimum absolute atomic E-state index is 0.398. The fourth-order valence-corrected chi connectivity index (χ4v) is 2.24. The predicted octanol–water partition coefficient (Wildman–Crippen LogP) is 1.30. The highest BCUT2D eigenvalue weighted by atomic mass is 79.9. The van der Waals surface area contributed by atoms with Crippen LogP contribution in [0.3, 0.4) is 0 Å². The van der Waals surface area contributed by atoms with Gasteiger partial charge < -0.3 is 14.7 Å². The summed E-state index contributed by atoms with van der Waals surface area (Å²) >= 11 is 3.26. The molecule has 0 aromatic carbocycles. The van der Waals surface area contributed by atoms with E-state index in [0.717, 1.165) is 6.42 Å². The first-order valence-corrected chi connectivity index (χ1v) is 5.98. The van der Waals surface area contributed by atoms with Crippen LogP contribution in [0, 0.1) is 0 Å². The third-order valence-electron chi connectivity index (χ3n) is 2.69. The van der Waals surface area contributed by atoms with Crippen molar-refractivity contribution in [3.05, 3.63) is 10.7 Å². The number of hydrogen-bond donors (Lipinski definition) is 1. The van der Waals surface area contributed by atoms with Crippen LogP contribution in [0.2, 0.25) is 0 Å². The van der Waals surface area contributed by atoms with Gasteiger partial charge in [-0.25, -0.2) is 9.78 Å². The molecule has 0 aliphatic carbocycles. The SMILES string of the molecule is COc1nc(N2CCC[C@H]2C(=O)O)ncc1Br. The summed E-state index contributed by atoms with van der Waals surface area (Å²) in [5.74, 6) is -0.0334. The van der Waals surface area contributed by atoms with Gasteiger partial charge in [-0.2, -0.15) is 4.98 Å². The molecule has 0 saturated carbocycles. The van der Waals surface area contributed by atoms with E-state index in [1.165, 1.54) is 7.11 Å². The maximum atomic E-state index is 11.1. The number of ether oxygens (including phenoxy) is 1. The quantitative estimate of drug-likeness (QED) is 0.907. The summed E-state index contributed by atoms with van der Waals surface area (Å²) in [6.07, 6.45) is 3.02. The zero-order chi connectivity index (χ0) is 12.4. The number of aliphatic carboxylic acids is 1. The number of rotatable bonds is 3. The van der Waals surface area contributed by atoms with Crippen LogP contribution in [0.5, 0.6) is 5.88 Å². The molecule has 0 spiro atoms. The van der Waals surface area contributed by atoms with Gasteiger partial charge in [-0.1, -0.05) is 0 Å². The van der Waals surface area contributed by atoms with Crippen LogP contribution in [0.4, 0.5) is 5.95 Å². The number of carboxylic acid groups (broad SMARTS) is 1. The number of nitrogens with zero attached hydrogens (tertiary/aromatic N) is 3. The first kappa shape index (κ1) is 12.1. The van der Waals surface area contributed by atoms with E-state index in [1.807, 2.05) is 0 Å². The molecular formula is C10H12BrN3O3. The van der Waals surface area contributed by atoms with E-state index in [0.29, 0.717) is 29.3 Å². The largest absolute Gasteiger partial charge is 0.480 e. The van der Waals surface area contributed by atoms with Crippen LogP contribution < -0.4 is 9.64 Å². The highest BCUT2D eigenvalue weighted by Crippen LogP contribution is 2.27. The second kappa shape index (κ2) is 4.87. The topological polar surface area (TPSA) is 75.5 Å². The Morgan fingerprint density at radius 1 is 1.71 bits per heavy atom. The fourth-order valence-electron chi connectivity index (χ4n) is 1.89. The van der Waals surface area contributed by atoms with E-state index in [2.05, 4.69) is 25.9 Å². The molecule has 1 fully saturated rings. The molecule has 1 aromatic rings. The lowest BCUT2D eigenvalue weighted by molar-refractivity contribution is -0.138. The van der Waals surface area contributed by atoms with Crippen molar-refractivity contribution in [2.45, 2.75) is 18.9 Å². The van der Waals surface area contributed by atoms with Crippen molar-refractivity contribution in [2.75, 3.05) is 18.6 Å². The molecule has 1 aromatic heterocycles. The molecule has 0 radical (unpaired) electrons. The van der Waals surface area contributed by atoms with Crippen LogP contribution in [-0.2, 0) is 4.79 Å². The normalized spacial score (nSPS) is 19.4. The lowest BCUT2D eigenvalue weighted by atomic mass is 10.2. The van der Waals surface area contributed by atoms with Gasteiger partial charge in [0.2, 0.25) is 11.8 Å². The molecule has 1 N–H and O–H groups in total. The molecule has 0 unspecified atom stereocenters. The van der Waals surface area contributed by atoms with Gasteiger partial charge in [-0.3, -0.25) is 0 Å². The molecule has 17 heavy (non-hydrogen) atoms. The number of carboxylic acids is 1. The second-order valence-electron chi connectivity index (χ2n) is 3.72. The Bertz CT molecular complexity index is 441. The van der Waals surface area contributed by atoms with Crippen molar-refractivity contribution in [1.29, 1.82) is 0 Å². The Labute approximate surface area is 107 Å². The molecule has 0 amide bonds. The third-order valence-corrected chi connectivity index (χ3v) is 3.23. The number of hydrogen-bond acceptors (Lipinski definition) is 5. The standard InChI is InChI=1S/C10H12BrN3O3/c1-17-8-6(11)5-12-10(13-8)14-4-2-3-7(14)9(15)16/h5,7H,2-4H2,1H3,(H,15,16)/t7-/m0/s1. The van der Waals surface area contributed by atoms with Crippen molar-refractivity contribution in [2.24, 2.45) is 0 Å². The van der Waals surface area contributed by atoms with Gasteiger partial charge in [0.1, 0.15) is 6.04 Å². The van der Waals surface area contributed by atoms with Crippen molar-refractivity contribution in [3.63, 3.8) is 0 Å². The maximum Gasteiger partial charge on any atom is 0.326 e. The Morgan fingerprint density at radius 3 is 3.12 bits per heavy atom. The monoisotopic (exact) mass is 301 g/mol.